The minimum absolute atomic E-state index is 0.377. The van der Waals surface area contributed by atoms with Gasteiger partial charge < -0.3 is 14.2 Å². The Bertz CT molecular complexity index is 1400. The first-order valence-electron chi connectivity index (χ1n) is 12.0. The van der Waals surface area contributed by atoms with E-state index in [9.17, 15) is 4.79 Å². The van der Waals surface area contributed by atoms with Crippen molar-refractivity contribution in [3.05, 3.63) is 123 Å². The Hall–Kier alpha value is -3.81. The fourth-order valence-corrected chi connectivity index (χ4v) is 3.97. The van der Waals surface area contributed by atoms with Crippen LogP contribution in [0.3, 0.4) is 0 Å². The molecule has 1 amide bonds. The number of amides is 1. The van der Waals surface area contributed by atoms with Gasteiger partial charge in [-0.3, -0.25) is 4.79 Å². The predicted molar refractivity (Wildman–Crippen MR) is 153 cm³/mol. The second kappa shape index (κ2) is 13.7. The molecule has 8 heteroatoms. The van der Waals surface area contributed by atoms with Crippen molar-refractivity contribution in [1.29, 1.82) is 0 Å². The van der Waals surface area contributed by atoms with E-state index in [-0.39, 0.29) is 5.91 Å². The number of hydrogen-bond acceptors (Lipinski definition) is 5. The molecule has 0 aliphatic heterocycles. The molecule has 1 N–H and O–H groups in total. The maximum Gasteiger partial charge on any atom is 0.271 e. The standard InChI is InChI=1S/C30H26BrClN2O4/c1-2-36-29-17-24(11-15-28(29)38-19-21-6-4-3-5-7-21)30(35)34-33-18-23-10-14-27(26(32)16-23)37-20-22-8-12-25(31)13-9-22/h3-18H,2,19-20H2,1H3,(H,34,35)/b33-18+. The summed E-state index contributed by atoms with van der Waals surface area (Å²) in [6.07, 6.45) is 1.52. The van der Waals surface area contributed by atoms with E-state index in [4.69, 9.17) is 25.8 Å². The zero-order chi connectivity index (χ0) is 26.7. The summed E-state index contributed by atoms with van der Waals surface area (Å²) in [5.74, 6) is 1.24. The molecule has 0 unspecified atom stereocenters. The molecule has 4 rings (SSSR count). The lowest BCUT2D eigenvalue weighted by Gasteiger charge is -2.13. The van der Waals surface area contributed by atoms with Gasteiger partial charge in [-0.05, 0) is 72.1 Å². The molecule has 0 saturated heterocycles. The molecule has 0 spiro atoms. The number of carbonyl (C=O) groups excluding carboxylic acids is 1. The average molecular weight is 594 g/mol. The summed E-state index contributed by atoms with van der Waals surface area (Å²) in [7, 11) is 0. The van der Waals surface area contributed by atoms with E-state index in [1.807, 2.05) is 67.6 Å². The number of nitrogens with zero attached hydrogens (tertiary/aromatic N) is 1. The molecule has 0 bridgehead atoms. The topological polar surface area (TPSA) is 69.2 Å². The highest BCUT2D eigenvalue weighted by atomic mass is 79.9. The number of nitrogens with one attached hydrogen (secondary N) is 1. The Balaban J connectivity index is 1.34. The van der Waals surface area contributed by atoms with Crippen molar-refractivity contribution in [2.45, 2.75) is 20.1 Å². The summed E-state index contributed by atoms with van der Waals surface area (Å²) in [5, 5.41) is 4.51. The molecular weight excluding hydrogens is 568 g/mol. The second-order valence-corrected chi connectivity index (χ2v) is 9.50. The zero-order valence-corrected chi connectivity index (χ0v) is 23.0. The second-order valence-electron chi connectivity index (χ2n) is 8.17. The van der Waals surface area contributed by atoms with Gasteiger partial charge in [0.2, 0.25) is 0 Å². The Morgan fingerprint density at radius 3 is 2.24 bits per heavy atom. The minimum atomic E-state index is -0.377. The van der Waals surface area contributed by atoms with Gasteiger partial charge >= 0.3 is 0 Å². The van der Waals surface area contributed by atoms with Crippen molar-refractivity contribution in [2.24, 2.45) is 5.10 Å². The largest absolute Gasteiger partial charge is 0.490 e. The van der Waals surface area contributed by atoms with E-state index in [0.29, 0.717) is 53.2 Å². The summed E-state index contributed by atoms with van der Waals surface area (Å²) >= 11 is 9.80. The lowest BCUT2D eigenvalue weighted by molar-refractivity contribution is 0.0954. The fourth-order valence-electron chi connectivity index (χ4n) is 3.46. The lowest BCUT2D eigenvalue weighted by Crippen LogP contribution is -2.17. The van der Waals surface area contributed by atoms with Crippen molar-refractivity contribution < 1.29 is 19.0 Å². The Labute approximate surface area is 235 Å². The quantitative estimate of drug-likeness (QED) is 0.145. The van der Waals surface area contributed by atoms with Gasteiger partial charge in [-0.2, -0.15) is 5.10 Å². The molecule has 0 aliphatic carbocycles. The van der Waals surface area contributed by atoms with E-state index in [2.05, 4.69) is 26.5 Å². The smallest absolute Gasteiger partial charge is 0.271 e. The molecule has 0 heterocycles. The third-order valence-electron chi connectivity index (χ3n) is 5.39. The van der Waals surface area contributed by atoms with Crippen LogP contribution in [0.2, 0.25) is 5.02 Å². The van der Waals surface area contributed by atoms with E-state index >= 15 is 0 Å². The molecule has 4 aromatic carbocycles. The minimum Gasteiger partial charge on any atom is -0.490 e. The van der Waals surface area contributed by atoms with Crippen LogP contribution >= 0.6 is 27.5 Å². The van der Waals surface area contributed by atoms with Gasteiger partial charge in [0.05, 0.1) is 17.8 Å². The van der Waals surface area contributed by atoms with Gasteiger partial charge in [-0.15, -0.1) is 0 Å². The van der Waals surface area contributed by atoms with E-state index < -0.39 is 0 Å². The number of carbonyl (C=O) groups is 1. The Morgan fingerprint density at radius 1 is 0.842 bits per heavy atom. The van der Waals surface area contributed by atoms with Gasteiger partial charge in [0, 0.05) is 10.0 Å². The highest BCUT2D eigenvalue weighted by molar-refractivity contribution is 9.10. The fraction of sp³-hybridized carbons (Fsp3) is 0.133. The van der Waals surface area contributed by atoms with Crippen LogP contribution in [0.5, 0.6) is 17.2 Å². The first-order chi connectivity index (χ1) is 18.5. The van der Waals surface area contributed by atoms with Gasteiger partial charge in [-0.1, -0.05) is 70.0 Å². The summed E-state index contributed by atoms with van der Waals surface area (Å²) in [4.78, 5) is 12.7. The van der Waals surface area contributed by atoms with Gasteiger partial charge in [0.1, 0.15) is 19.0 Å². The highest BCUT2D eigenvalue weighted by Crippen LogP contribution is 2.29. The van der Waals surface area contributed by atoms with Gasteiger partial charge in [-0.25, -0.2) is 5.43 Å². The molecule has 38 heavy (non-hydrogen) atoms. The van der Waals surface area contributed by atoms with Crippen LogP contribution in [0.1, 0.15) is 34.0 Å². The summed E-state index contributed by atoms with van der Waals surface area (Å²) in [5.41, 5.74) is 5.71. The predicted octanol–water partition coefficient (Wildman–Crippen LogP) is 7.42. The monoisotopic (exact) mass is 592 g/mol. The number of rotatable bonds is 11. The number of hydrazone groups is 1. The molecule has 0 fully saturated rings. The maximum atomic E-state index is 12.7. The molecule has 0 aliphatic rings. The van der Waals surface area contributed by atoms with Crippen molar-refractivity contribution in [2.75, 3.05) is 6.61 Å². The average Bonchev–Trinajstić information content (AvgIpc) is 2.93. The van der Waals surface area contributed by atoms with Crippen LogP contribution in [0.25, 0.3) is 0 Å². The molecule has 6 nitrogen and oxygen atoms in total. The third kappa shape index (κ3) is 7.84. The number of benzene rings is 4. The van der Waals surface area contributed by atoms with Crippen LogP contribution in [0.15, 0.2) is 101 Å². The van der Waals surface area contributed by atoms with E-state index in [0.717, 1.165) is 15.6 Å². The highest BCUT2D eigenvalue weighted by Gasteiger charge is 2.12. The van der Waals surface area contributed by atoms with Crippen molar-refractivity contribution in [3.63, 3.8) is 0 Å². The Kier molecular flexibility index (Phi) is 9.78. The molecule has 0 radical (unpaired) electrons. The molecule has 4 aromatic rings. The SMILES string of the molecule is CCOc1cc(C(=O)N/N=C/c2ccc(OCc3ccc(Br)cc3)c(Cl)c2)ccc1OCc1ccccc1. The van der Waals surface area contributed by atoms with Crippen LogP contribution in [-0.4, -0.2) is 18.7 Å². The third-order valence-corrected chi connectivity index (χ3v) is 6.21. The normalized spacial score (nSPS) is 10.8. The van der Waals surface area contributed by atoms with Crippen LogP contribution in [0, 0.1) is 0 Å². The van der Waals surface area contributed by atoms with Crippen molar-refractivity contribution >= 4 is 39.7 Å². The Morgan fingerprint density at radius 2 is 1.53 bits per heavy atom. The first-order valence-corrected chi connectivity index (χ1v) is 13.1. The molecule has 0 aromatic heterocycles. The van der Waals surface area contributed by atoms with Crippen molar-refractivity contribution in [1.82, 2.24) is 5.43 Å². The number of hydrogen-bond donors (Lipinski definition) is 1. The summed E-state index contributed by atoms with van der Waals surface area (Å²) < 4.78 is 18.4. The number of ether oxygens (including phenoxy) is 3. The van der Waals surface area contributed by atoms with Gasteiger partial charge in [0.15, 0.2) is 11.5 Å². The van der Waals surface area contributed by atoms with E-state index in [1.54, 1.807) is 30.3 Å². The van der Waals surface area contributed by atoms with Crippen LogP contribution in [-0.2, 0) is 13.2 Å². The van der Waals surface area contributed by atoms with Crippen molar-refractivity contribution in [3.8, 4) is 17.2 Å². The summed E-state index contributed by atoms with van der Waals surface area (Å²) in [6, 6.07) is 28.0. The zero-order valence-electron chi connectivity index (χ0n) is 20.7. The molecule has 0 saturated carbocycles. The van der Waals surface area contributed by atoms with Crippen LogP contribution < -0.4 is 19.6 Å². The molecule has 194 valence electrons. The van der Waals surface area contributed by atoms with Gasteiger partial charge in [0.25, 0.3) is 5.91 Å². The lowest BCUT2D eigenvalue weighted by atomic mass is 10.2. The first kappa shape index (κ1) is 27.2. The molecule has 0 atom stereocenters. The molecular formula is C30H26BrClN2O4. The van der Waals surface area contributed by atoms with Crippen LogP contribution in [0.4, 0.5) is 0 Å². The van der Waals surface area contributed by atoms with E-state index in [1.165, 1.54) is 6.21 Å². The summed E-state index contributed by atoms with van der Waals surface area (Å²) in [6.45, 7) is 3.11. The number of halogens is 2. The maximum absolute atomic E-state index is 12.7.